The van der Waals surface area contributed by atoms with Crippen LogP contribution >= 0.6 is 11.6 Å². The van der Waals surface area contributed by atoms with Gasteiger partial charge < -0.3 is 5.32 Å². The zero-order valence-electron chi connectivity index (χ0n) is 14.1. The molecule has 1 N–H and O–H groups in total. The molecule has 3 rings (SSSR count). The molecule has 0 spiro atoms. The van der Waals surface area contributed by atoms with E-state index in [1.165, 1.54) is 29.3 Å². The number of nitrogens with one attached hydrogen (secondary N) is 1. The summed E-state index contributed by atoms with van der Waals surface area (Å²) in [5, 5.41) is 2.77. The lowest BCUT2D eigenvalue weighted by molar-refractivity contribution is -0.113. The molecule has 25 heavy (non-hydrogen) atoms. The number of aryl methyl sites for hydroxylation is 1. The summed E-state index contributed by atoms with van der Waals surface area (Å²) >= 11 is 5.74. The zero-order chi connectivity index (χ0) is 17.8. The molecule has 1 aliphatic rings. The lowest BCUT2D eigenvalue weighted by Crippen LogP contribution is -2.31. The lowest BCUT2D eigenvalue weighted by atomic mass is 10.1. The second-order valence-electron chi connectivity index (χ2n) is 6.29. The Kier molecular flexibility index (Phi) is 5.51. The Bertz CT molecular complexity index is 819. The summed E-state index contributed by atoms with van der Waals surface area (Å²) in [6.07, 6.45) is 2.65. The smallest absolute Gasteiger partial charge is 0.251 e. The molecule has 1 heterocycles. The van der Waals surface area contributed by atoms with Gasteiger partial charge in [-0.2, -0.15) is 0 Å². The molecule has 0 aromatic heterocycles. The normalized spacial score (nSPS) is 14.9. The van der Waals surface area contributed by atoms with Gasteiger partial charge in [-0.05, 0) is 37.1 Å². The molecule has 2 aromatic rings. The van der Waals surface area contributed by atoms with Crippen molar-refractivity contribution in [2.45, 2.75) is 19.9 Å². The highest BCUT2D eigenvalue weighted by Gasteiger charge is 2.17. The van der Waals surface area contributed by atoms with Gasteiger partial charge in [0.25, 0.3) is 5.91 Å². The van der Waals surface area contributed by atoms with Gasteiger partial charge in [0.05, 0.1) is 5.02 Å². The number of rotatable bonds is 4. The van der Waals surface area contributed by atoms with Crippen molar-refractivity contribution in [2.24, 2.45) is 0 Å². The van der Waals surface area contributed by atoms with Gasteiger partial charge in [0.15, 0.2) is 0 Å². The number of hydrogen-bond acceptors (Lipinski definition) is 2. The first-order valence-electron chi connectivity index (χ1n) is 8.24. The van der Waals surface area contributed by atoms with E-state index in [1.54, 1.807) is 0 Å². The summed E-state index contributed by atoms with van der Waals surface area (Å²) in [7, 11) is 0. The minimum Gasteiger partial charge on any atom is -0.322 e. The van der Waals surface area contributed by atoms with E-state index in [0.29, 0.717) is 12.1 Å². The standard InChI is InChI=1S/C20H20ClFN2O/c1-14-3-2-4-15(11-14)13-24-9-7-16(8-10-24)20(25)23-17-5-6-19(22)18(21)12-17/h2-7,11-12H,8-10,13H2,1H3,(H,23,25). The topological polar surface area (TPSA) is 32.3 Å². The Hall–Kier alpha value is -2.17. The number of benzene rings is 2. The van der Waals surface area contributed by atoms with Gasteiger partial charge in [0.2, 0.25) is 0 Å². The maximum atomic E-state index is 13.2. The number of anilines is 1. The summed E-state index contributed by atoms with van der Waals surface area (Å²) < 4.78 is 13.2. The highest BCUT2D eigenvalue weighted by Crippen LogP contribution is 2.21. The first kappa shape index (κ1) is 17.6. The average molecular weight is 359 g/mol. The first-order valence-corrected chi connectivity index (χ1v) is 8.62. The fourth-order valence-corrected chi connectivity index (χ4v) is 3.10. The van der Waals surface area contributed by atoms with Crippen molar-refractivity contribution in [3.63, 3.8) is 0 Å². The van der Waals surface area contributed by atoms with Crippen LogP contribution in [-0.4, -0.2) is 23.9 Å². The van der Waals surface area contributed by atoms with Crippen molar-refractivity contribution < 1.29 is 9.18 Å². The predicted octanol–water partition coefficient (Wildman–Crippen LogP) is 4.56. The van der Waals surface area contributed by atoms with Gasteiger partial charge in [0, 0.05) is 30.9 Å². The van der Waals surface area contributed by atoms with Crippen LogP contribution in [0.25, 0.3) is 0 Å². The fourth-order valence-electron chi connectivity index (χ4n) is 2.91. The molecular formula is C20H20ClFN2O. The van der Waals surface area contributed by atoms with E-state index < -0.39 is 5.82 Å². The Morgan fingerprint density at radius 2 is 2.12 bits per heavy atom. The summed E-state index contributed by atoms with van der Waals surface area (Å²) in [5.41, 5.74) is 3.78. The van der Waals surface area contributed by atoms with Crippen molar-refractivity contribution in [3.05, 3.63) is 76.1 Å². The molecule has 0 saturated carbocycles. The van der Waals surface area contributed by atoms with Crippen molar-refractivity contribution in [1.29, 1.82) is 0 Å². The van der Waals surface area contributed by atoms with Gasteiger partial charge >= 0.3 is 0 Å². The minimum atomic E-state index is -0.497. The molecule has 0 fully saturated rings. The molecule has 1 aliphatic heterocycles. The monoisotopic (exact) mass is 358 g/mol. The number of hydrogen-bond donors (Lipinski definition) is 1. The van der Waals surface area contributed by atoms with Crippen LogP contribution in [0.3, 0.4) is 0 Å². The average Bonchev–Trinajstić information content (AvgIpc) is 2.59. The number of nitrogens with zero attached hydrogens (tertiary/aromatic N) is 1. The molecule has 1 amide bonds. The van der Waals surface area contributed by atoms with E-state index in [0.717, 1.165) is 25.2 Å². The Balaban J connectivity index is 1.58. The lowest BCUT2D eigenvalue weighted by Gasteiger charge is -2.26. The summed E-state index contributed by atoms with van der Waals surface area (Å²) in [4.78, 5) is 14.6. The van der Waals surface area contributed by atoms with E-state index in [4.69, 9.17) is 11.6 Å². The molecule has 5 heteroatoms. The van der Waals surface area contributed by atoms with Crippen LogP contribution in [0.5, 0.6) is 0 Å². The summed E-state index contributed by atoms with van der Waals surface area (Å²) in [6.45, 7) is 4.53. The van der Waals surface area contributed by atoms with Gasteiger partial charge in [-0.25, -0.2) is 4.39 Å². The second kappa shape index (κ2) is 7.81. The minimum absolute atomic E-state index is 0.000228. The maximum Gasteiger partial charge on any atom is 0.251 e. The SMILES string of the molecule is Cc1cccc(CN2CC=C(C(=O)Nc3ccc(F)c(Cl)c3)CC2)c1. The molecule has 0 radical (unpaired) electrons. The highest BCUT2D eigenvalue weighted by molar-refractivity contribution is 6.31. The van der Waals surface area contributed by atoms with Crippen LogP contribution in [0, 0.1) is 12.7 Å². The third-order valence-corrected chi connectivity index (χ3v) is 4.54. The molecule has 0 saturated heterocycles. The number of halogens is 2. The summed E-state index contributed by atoms with van der Waals surface area (Å²) in [6, 6.07) is 12.6. The molecular weight excluding hydrogens is 339 g/mol. The van der Waals surface area contributed by atoms with Crippen molar-refractivity contribution in [1.82, 2.24) is 4.90 Å². The Morgan fingerprint density at radius 1 is 1.28 bits per heavy atom. The predicted molar refractivity (Wildman–Crippen MR) is 99.2 cm³/mol. The van der Waals surface area contributed by atoms with E-state index in [9.17, 15) is 9.18 Å². The van der Waals surface area contributed by atoms with E-state index in [1.807, 2.05) is 6.08 Å². The number of carbonyl (C=O) groups excluding carboxylic acids is 1. The van der Waals surface area contributed by atoms with Crippen molar-refractivity contribution in [3.8, 4) is 0 Å². The third kappa shape index (κ3) is 4.68. The van der Waals surface area contributed by atoms with Crippen molar-refractivity contribution in [2.75, 3.05) is 18.4 Å². The highest BCUT2D eigenvalue weighted by atomic mass is 35.5. The first-order chi connectivity index (χ1) is 12.0. The van der Waals surface area contributed by atoms with Gasteiger partial charge in [-0.15, -0.1) is 0 Å². The molecule has 0 bridgehead atoms. The quantitative estimate of drug-likeness (QED) is 0.869. The van der Waals surface area contributed by atoms with E-state index >= 15 is 0 Å². The third-order valence-electron chi connectivity index (χ3n) is 4.25. The van der Waals surface area contributed by atoms with Crippen LogP contribution in [0.1, 0.15) is 17.5 Å². The summed E-state index contributed by atoms with van der Waals surface area (Å²) in [5.74, 6) is -0.652. The van der Waals surface area contributed by atoms with Gasteiger partial charge in [-0.3, -0.25) is 9.69 Å². The zero-order valence-corrected chi connectivity index (χ0v) is 14.8. The number of carbonyl (C=O) groups is 1. The molecule has 0 unspecified atom stereocenters. The van der Waals surface area contributed by atoms with Crippen LogP contribution in [0.4, 0.5) is 10.1 Å². The molecule has 130 valence electrons. The van der Waals surface area contributed by atoms with Crippen LogP contribution in [-0.2, 0) is 11.3 Å². The van der Waals surface area contributed by atoms with Gasteiger partial charge in [0.1, 0.15) is 5.82 Å². The Labute approximate surface area is 152 Å². The molecule has 3 nitrogen and oxygen atoms in total. The van der Waals surface area contributed by atoms with E-state index in [-0.39, 0.29) is 10.9 Å². The van der Waals surface area contributed by atoms with Crippen LogP contribution < -0.4 is 5.32 Å². The molecule has 2 aromatic carbocycles. The largest absolute Gasteiger partial charge is 0.322 e. The molecule has 0 atom stereocenters. The van der Waals surface area contributed by atoms with Crippen LogP contribution in [0.15, 0.2) is 54.1 Å². The number of amides is 1. The van der Waals surface area contributed by atoms with E-state index in [2.05, 4.69) is 41.4 Å². The van der Waals surface area contributed by atoms with Gasteiger partial charge in [-0.1, -0.05) is 47.5 Å². The fraction of sp³-hybridized carbons (Fsp3) is 0.250. The maximum absolute atomic E-state index is 13.2. The van der Waals surface area contributed by atoms with Crippen LogP contribution in [0.2, 0.25) is 5.02 Å². The Morgan fingerprint density at radius 3 is 2.80 bits per heavy atom. The van der Waals surface area contributed by atoms with Crippen molar-refractivity contribution >= 4 is 23.2 Å². The second-order valence-corrected chi connectivity index (χ2v) is 6.69. The molecule has 0 aliphatic carbocycles.